The second-order valence-electron chi connectivity index (χ2n) is 10.2. The van der Waals surface area contributed by atoms with Crippen LogP contribution < -0.4 is 9.47 Å². The first-order chi connectivity index (χ1) is 17.5. The van der Waals surface area contributed by atoms with Gasteiger partial charge in [-0.2, -0.15) is 0 Å². The topological polar surface area (TPSA) is 44.8 Å². The van der Waals surface area contributed by atoms with E-state index in [-0.39, 0.29) is 29.5 Å². The molecular formula is C32H37FO4. The molecule has 37 heavy (non-hydrogen) atoms. The predicted octanol–water partition coefficient (Wildman–Crippen LogP) is 7.99. The van der Waals surface area contributed by atoms with Crippen LogP contribution in [-0.2, 0) is 21.6 Å². The summed E-state index contributed by atoms with van der Waals surface area (Å²) in [6, 6.07) is 18.5. The molecule has 3 rings (SSSR count). The predicted molar refractivity (Wildman–Crippen MR) is 147 cm³/mol. The second-order valence-corrected chi connectivity index (χ2v) is 10.2. The second kappa shape index (κ2) is 12.1. The zero-order chi connectivity index (χ0) is 27.2. The Morgan fingerprint density at radius 2 is 1.65 bits per heavy atom. The van der Waals surface area contributed by atoms with Crippen molar-refractivity contribution in [2.24, 2.45) is 0 Å². The van der Waals surface area contributed by atoms with Crippen LogP contribution in [0.1, 0.15) is 63.6 Å². The number of rotatable bonds is 10. The Morgan fingerprint density at radius 1 is 0.973 bits per heavy atom. The Morgan fingerprint density at radius 3 is 2.24 bits per heavy atom. The van der Waals surface area contributed by atoms with Gasteiger partial charge in [-0.1, -0.05) is 57.2 Å². The van der Waals surface area contributed by atoms with Crippen LogP contribution in [0.15, 0.2) is 72.8 Å². The molecule has 0 heterocycles. The van der Waals surface area contributed by atoms with Crippen LogP contribution in [0.2, 0.25) is 0 Å². The molecule has 0 aliphatic rings. The number of esters is 1. The first kappa shape index (κ1) is 28.0. The smallest absolute Gasteiger partial charge is 0.306 e. The molecule has 0 spiro atoms. The lowest BCUT2D eigenvalue weighted by atomic mass is 9.81. The van der Waals surface area contributed by atoms with Gasteiger partial charge in [0.15, 0.2) is 0 Å². The van der Waals surface area contributed by atoms with Gasteiger partial charge in [0.25, 0.3) is 0 Å². The lowest BCUT2D eigenvalue weighted by Gasteiger charge is -2.24. The van der Waals surface area contributed by atoms with Crippen molar-refractivity contribution in [3.8, 4) is 22.6 Å². The van der Waals surface area contributed by atoms with Gasteiger partial charge in [-0.3, -0.25) is 4.79 Å². The molecule has 196 valence electrons. The van der Waals surface area contributed by atoms with Crippen LogP contribution in [0, 0.1) is 5.82 Å². The van der Waals surface area contributed by atoms with Gasteiger partial charge in [-0.05, 0) is 77.9 Å². The number of hydrogen-bond donors (Lipinski definition) is 0. The number of benzene rings is 3. The van der Waals surface area contributed by atoms with Gasteiger partial charge in [-0.15, -0.1) is 0 Å². The highest BCUT2D eigenvalue weighted by atomic mass is 19.1. The van der Waals surface area contributed by atoms with E-state index in [1.807, 2.05) is 49.4 Å². The average Bonchev–Trinajstić information content (AvgIpc) is 2.86. The van der Waals surface area contributed by atoms with Gasteiger partial charge >= 0.3 is 5.97 Å². The quantitative estimate of drug-likeness (QED) is 0.207. The molecule has 5 heteroatoms. The molecule has 0 aliphatic heterocycles. The molecule has 3 aromatic carbocycles. The van der Waals surface area contributed by atoms with Crippen LogP contribution in [0.3, 0.4) is 0 Å². The molecule has 1 atom stereocenters. The number of methoxy groups -OCH3 is 1. The summed E-state index contributed by atoms with van der Waals surface area (Å²) in [5.74, 6) is 0.661. The lowest BCUT2D eigenvalue weighted by Crippen LogP contribution is -2.13. The summed E-state index contributed by atoms with van der Waals surface area (Å²) in [6.45, 7) is 14.8. The first-order valence-corrected chi connectivity index (χ1v) is 12.5. The van der Waals surface area contributed by atoms with Crippen molar-refractivity contribution in [2.75, 3.05) is 13.7 Å². The molecule has 0 radical (unpaired) electrons. The molecule has 0 fully saturated rings. The third-order valence-electron chi connectivity index (χ3n) is 6.31. The van der Waals surface area contributed by atoms with E-state index in [1.165, 1.54) is 6.07 Å². The van der Waals surface area contributed by atoms with Crippen molar-refractivity contribution in [1.29, 1.82) is 0 Å². The summed E-state index contributed by atoms with van der Waals surface area (Å²) in [4.78, 5) is 12.0. The number of hydrogen-bond acceptors (Lipinski definition) is 4. The van der Waals surface area contributed by atoms with E-state index in [1.54, 1.807) is 26.2 Å². The van der Waals surface area contributed by atoms with E-state index < -0.39 is 0 Å². The van der Waals surface area contributed by atoms with E-state index in [2.05, 4.69) is 27.4 Å². The molecule has 0 N–H and O–H groups in total. The maximum atomic E-state index is 14.9. The van der Waals surface area contributed by atoms with Crippen LogP contribution in [-0.4, -0.2) is 19.7 Å². The molecule has 0 aliphatic carbocycles. The standard InChI is InChI=1S/C32H37FO4/c1-8-36-31(34)19-26(21(2)3)23-10-12-24(13-11-23)37-20-22-9-15-29(32(4,5)6)27(17-22)28-18-25(35-7)14-16-30(28)33/h9-18,26H,2,8,19-20H2,1,3-7H3/t26-/m1/s1. The highest BCUT2D eigenvalue weighted by Gasteiger charge is 2.22. The molecule has 0 saturated heterocycles. The molecule has 4 nitrogen and oxygen atoms in total. The summed E-state index contributed by atoms with van der Waals surface area (Å²) in [5.41, 5.74) is 5.00. The largest absolute Gasteiger partial charge is 0.497 e. The summed E-state index contributed by atoms with van der Waals surface area (Å²) < 4.78 is 31.4. The minimum Gasteiger partial charge on any atom is -0.497 e. The number of ether oxygens (including phenoxy) is 3. The van der Waals surface area contributed by atoms with Crippen LogP contribution in [0.25, 0.3) is 11.1 Å². The Hall–Kier alpha value is -3.60. The fourth-order valence-corrected chi connectivity index (χ4v) is 4.32. The molecule has 0 saturated carbocycles. The third-order valence-corrected chi connectivity index (χ3v) is 6.31. The van der Waals surface area contributed by atoms with Crippen LogP contribution >= 0.6 is 0 Å². The Balaban J connectivity index is 1.82. The average molecular weight is 505 g/mol. The number of allylic oxidation sites excluding steroid dienone is 1. The monoisotopic (exact) mass is 504 g/mol. The zero-order valence-electron chi connectivity index (χ0n) is 22.7. The number of carbonyl (C=O) groups excluding carboxylic acids is 1. The Kier molecular flexibility index (Phi) is 9.14. The Labute approximate surface area is 220 Å². The molecule has 3 aromatic rings. The van der Waals surface area contributed by atoms with Crippen molar-refractivity contribution < 1.29 is 23.4 Å². The first-order valence-electron chi connectivity index (χ1n) is 12.5. The van der Waals surface area contributed by atoms with Crippen molar-refractivity contribution in [3.05, 3.63) is 95.3 Å². The normalized spacial score (nSPS) is 12.1. The summed E-state index contributed by atoms with van der Waals surface area (Å²) in [6.07, 6.45) is 0.257. The van der Waals surface area contributed by atoms with Crippen LogP contribution in [0.5, 0.6) is 11.5 Å². The lowest BCUT2D eigenvalue weighted by molar-refractivity contribution is -0.143. The fourth-order valence-electron chi connectivity index (χ4n) is 4.32. The maximum absolute atomic E-state index is 14.9. The van der Waals surface area contributed by atoms with Crippen LogP contribution in [0.4, 0.5) is 4.39 Å². The molecule has 0 amide bonds. The summed E-state index contributed by atoms with van der Waals surface area (Å²) in [7, 11) is 1.58. The molecule has 0 bridgehead atoms. The van der Waals surface area contributed by atoms with Gasteiger partial charge in [-0.25, -0.2) is 4.39 Å². The fraction of sp³-hybridized carbons (Fsp3) is 0.344. The van der Waals surface area contributed by atoms with Crippen molar-refractivity contribution in [1.82, 2.24) is 0 Å². The van der Waals surface area contributed by atoms with Gasteiger partial charge in [0, 0.05) is 11.5 Å². The molecule has 0 unspecified atom stereocenters. The molecule has 0 aromatic heterocycles. The van der Waals surface area contributed by atoms with Gasteiger partial charge in [0.05, 0.1) is 20.1 Å². The maximum Gasteiger partial charge on any atom is 0.306 e. The number of halogens is 1. The highest BCUT2D eigenvalue weighted by molar-refractivity contribution is 5.72. The third kappa shape index (κ3) is 7.22. The van der Waals surface area contributed by atoms with E-state index in [4.69, 9.17) is 14.2 Å². The van der Waals surface area contributed by atoms with Crippen molar-refractivity contribution >= 4 is 5.97 Å². The highest BCUT2D eigenvalue weighted by Crippen LogP contribution is 2.37. The minimum atomic E-state index is -0.296. The summed E-state index contributed by atoms with van der Waals surface area (Å²) >= 11 is 0. The van der Waals surface area contributed by atoms with E-state index >= 15 is 0 Å². The zero-order valence-corrected chi connectivity index (χ0v) is 22.7. The Bertz CT molecular complexity index is 1240. The summed E-state index contributed by atoms with van der Waals surface area (Å²) in [5, 5.41) is 0. The van der Waals surface area contributed by atoms with E-state index in [0.29, 0.717) is 30.3 Å². The van der Waals surface area contributed by atoms with E-state index in [9.17, 15) is 9.18 Å². The van der Waals surface area contributed by atoms with Gasteiger partial charge in [0.2, 0.25) is 0 Å². The van der Waals surface area contributed by atoms with Gasteiger partial charge < -0.3 is 14.2 Å². The SMILES string of the molecule is C=C(C)[C@@H](CC(=O)OCC)c1ccc(OCc2ccc(C(C)(C)C)c(-c3cc(OC)ccc3F)c2)cc1. The van der Waals surface area contributed by atoms with E-state index in [0.717, 1.165) is 27.8 Å². The number of carbonyl (C=O) groups is 1. The minimum absolute atomic E-state index is 0.113. The van der Waals surface area contributed by atoms with Gasteiger partial charge in [0.1, 0.15) is 23.9 Å². The van der Waals surface area contributed by atoms with Crippen molar-refractivity contribution in [3.63, 3.8) is 0 Å². The van der Waals surface area contributed by atoms with Crippen molar-refractivity contribution in [2.45, 2.75) is 59.0 Å². The molecular weight excluding hydrogens is 467 g/mol.